The number of methoxy groups -OCH3 is 2. The first kappa shape index (κ1) is 13.1. The van der Waals surface area contributed by atoms with Crippen molar-refractivity contribution in [3.63, 3.8) is 0 Å². The molecule has 13 heavy (non-hydrogen) atoms. The minimum absolute atomic E-state index is 0.769. The second-order valence-electron chi connectivity index (χ2n) is 2.82. The van der Waals surface area contributed by atoms with E-state index in [0.717, 1.165) is 49.9 Å². The van der Waals surface area contributed by atoms with Gasteiger partial charge in [-0.1, -0.05) is 0 Å². The molecule has 0 aromatic heterocycles. The number of hydrogen-bond acceptors (Lipinski definition) is 4. The average molecular weight is 207 g/mol. The summed E-state index contributed by atoms with van der Waals surface area (Å²) in [6, 6.07) is 0. The Hall–Kier alpha value is 0.0569. The van der Waals surface area contributed by atoms with Gasteiger partial charge in [-0.25, -0.2) is 0 Å². The van der Waals surface area contributed by atoms with Crippen molar-refractivity contribution in [3.8, 4) is 0 Å². The van der Waals surface area contributed by atoms with Gasteiger partial charge in [0.25, 0.3) is 0 Å². The lowest BCUT2D eigenvalue weighted by molar-refractivity contribution is 0.105. The molecule has 0 bridgehead atoms. The molecule has 0 N–H and O–H groups in total. The van der Waals surface area contributed by atoms with E-state index in [4.69, 9.17) is 13.9 Å². The Balaban J connectivity index is 3.47. The third kappa shape index (κ3) is 8.39. The largest absolute Gasteiger partial charge is 0.427 e. The van der Waals surface area contributed by atoms with Crippen LogP contribution in [-0.2, 0) is 13.9 Å². The highest BCUT2D eigenvalue weighted by atomic mass is 28.2. The van der Waals surface area contributed by atoms with Gasteiger partial charge in [-0.05, 0) is 0 Å². The fraction of sp³-hybridized carbons (Fsp3) is 1.00. The molecular weight excluding hydrogens is 186 g/mol. The Morgan fingerprint density at radius 2 is 1.38 bits per heavy atom. The van der Waals surface area contributed by atoms with Crippen LogP contribution in [0.25, 0.3) is 0 Å². The molecule has 0 spiro atoms. The van der Waals surface area contributed by atoms with Crippen molar-refractivity contribution >= 4 is 10.5 Å². The molecule has 0 fully saturated rings. The van der Waals surface area contributed by atoms with E-state index in [1.165, 1.54) is 0 Å². The predicted octanol–water partition coefficient (Wildman–Crippen LogP) is -1.12. The van der Waals surface area contributed by atoms with Gasteiger partial charge in [0.1, 0.15) is 10.5 Å². The summed E-state index contributed by atoms with van der Waals surface area (Å²) < 4.78 is 15.2. The van der Waals surface area contributed by atoms with E-state index in [-0.39, 0.29) is 0 Å². The number of hydrogen-bond donors (Lipinski definition) is 0. The maximum Gasteiger partial charge on any atom is 0.146 e. The highest BCUT2D eigenvalue weighted by Crippen LogP contribution is 1.88. The first-order valence-corrected chi connectivity index (χ1v) is 5.36. The second kappa shape index (κ2) is 10.1. The number of nitrogens with zero attached hydrogens (tertiary/aromatic N) is 1. The van der Waals surface area contributed by atoms with Crippen LogP contribution >= 0.6 is 0 Å². The van der Waals surface area contributed by atoms with Gasteiger partial charge < -0.3 is 13.9 Å². The topological polar surface area (TPSA) is 30.9 Å². The zero-order chi connectivity index (χ0) is 9.94. The molecule has 0 aromatic carbocycles. The third-order valence-corrected chi connectivity index (χ3v) is 2.24. The van der Waals surface area contributed by atoms with Crippen molar-refractivity contribution in [1.82, 2.24) is 4.90 Å². The van der Waals surface area contributed by atoms with E-state index >= 15 is 0 Å². The highest BCUT2D eigenvalue weighted by Gasteiger charge is 2.02. The summed E-state index contributed by atoms with van der Waals surface area (Å²) in [5.74, 6) is 0. The van der Waals surface area contributed by atoms with Gasteiger partial charge in [0.2, 0.25) is 0 Å². The van der Waals surface area contributed by atoms with E-state index in [1.807, 2.05) is 0 Å². The van der Waals surface area contributed by atoms with Crippen molar-refractivity contribution in [2.24, 2.45) is 0 Å². The van der Waals surface area contributed by atoms with Gasteiger partial charge in [-0.15, -0.1) is 0 Å². The summed E-state index contributed by atoms with van der Waals surface area (Å²) in [5, 5.41) is 0. The average Bonchev–Trinajstić information content (AvgIpc) is 2.17. The molecule has 0 aliphatic carbocycles. The third-order valence-electron chi connectivity index (χ3n) is 1.83. The molecule has 0 amide bonds. The van der Waals surface area contributed by atoms with Crippen LogP contribution in [0.4, 0.5) is 0 Å². The van der Waals surface area contributed by atoms with Gasteiger partial charge >= 0.3 is 0 Å². The van der Waals surface area contributed by atoms with Crippen LogP contribution in [0.3, 0.4) is 0 Å². The molecule has 0 radical (unpaired) electrons. The van der Waals surface area contributed by atoms with Crippen molar-refractivity contribution < 1.29 is 13.9 Å². The Labute approximate surface area is 83.7 Å². The first-order chi connectivity index (χ1) is 6.35. The molecule has 0 saturated carbocycles. The lowest BCUT2D eigenvalue weighted by Gasteiger charge is -2.20. The second-order valence-corrected chi connectivity index (χ2v) is 3.40. The lowest BCUT2D eigenvalue weighted by Crippen LogP contribution is -2.33. The van der Waals surface area contributed by atoms with Crippen LogP contribution < -0.4 is 0 Å². The van der Waals surface area contributed by atoms with Crippen LogP contribution in [0, 0.1) is 0 Å². The van der Waals surface area contributed by atoms with Crippen LogP contribution in [-0.4, -0.2) is 69.1 Å². The van der Waals surface area contributed by atoms with Crippen molar-refractivity contribution in [2.75, 3.05) is 53.7 Å². The minimum Gasteiger partial charge on any atom is -0.427 e. The smallest absolute Gasteiger partial charge is 0.146 e. The van der Waals surface area contributed by atoms with E-state index < -0.39 is 0 Å². The van der Waals surface area contributed by atoms with Gasteiger partial charge in [0.05, 0.1) is 13.2 Å². The van der Waals surface area contributed by atoms with Gasteiger partial charge in [0.15, 0.2) is 0 Å². The molecule has 0 heterocycles. The number of rotatable bonds is 9. The Kier molecular flexibility index (Phi) is 10.2. The quantitative estimate of drug-likeness (QED) is 0.448. The van der Waals surface area contributed by atoms with Crippen LogP contribution in [0.1, 0.15) is 0 Å². The maximum absolute atomic E-state index is 5.15. The molecule has 0 aliphatic rings. The number of ether oxygens (including phenoxy) is 2. The normalized spacial score (nSPS) is 11.3. The predicted molar refractivity (Wildman–Crippen MR) is 56.1 cm³/mol. The summed E-state index contributed by atoms with van der Waals surface area (Å²) in [5.41, 5.74) is 0. The SMILES string of the molecule is COCCN(CCOC)CCO[SiH3]. The van der Waals surface area contributed by atoms with Crippen molar-refractivity contribution in [1.29, 1.82) is 0 Å². The van der Waals surface area contributed by atoms with Gasteiger partial charge in [0, 0.05) is 40.5 Å². The Morgan fingerprint density at radius 3 is 1.77 bits per heavy atom. The van der Waals surface area contributed by atoms with Crippen molar-refractivity contribution in [3.05, 3.63) is 0 Å². The molecule has 0 aliphatic heterocycles. The molecule has 0 saturated heterocycles. The zero-order valence-corrected chi connectivity index (χ0v) is 10.9. The summed E-state index contributed by atoms with van der Waals surface area (Å²) in [6.07, 6.45) is 0. The molecule has 0 rings (SSSR count). The van der Waals surface area contributed by atoms with Crippen LogP contribution in [0.5, 0.6) is 0 Å². The molecule has 0 atom stereocenters. The van der Waals surface area contributed by atoms with E-state index in [0.29, 0.717) is 0 Å². The highest BCUT2D eigenvalue weighted by molar-refractivity contribution is 5.97. The fourth-order valence-electron chi connectivity index (χ4n) is 0.997. The summed E-state index contributed by atoms with van der Waals surface area (Å²) in [7, 11) is 4.26. The standard InChI is InChI=1S/C8H21NO3Si/c1-10-6-3-9(4-7-11-2)5-8-12-13/h3-8H2,1-2,13H3. The first-order valence-electron chi connectivity index (χ1n) is 4.54. The summed E-state index contributed by atoms with van der Waals surface area (Å²) in [4.78, 5) is 2.28. The van der Waals surface area contributed by atoms with Crippen molar-refractivity contribution in [2.45, 2.75) is 0 Å². The fourth-order valence-corrected chi connectivity index (χ4v) is 1.18. The monoisotopic (exact) mass is 207 g/mol. The molecular formula is C8H21NO3Si. The zero-order valence-electron chi connectivity index (χ0n) is 8.91. The molecule has 0 aromatic rings. The molecule has 4 nitrogen and oxygen atoms in total. The lowest BCUT2D eigenvalue weighted by atomic mass is 10.4. The maximum atomic E-state index is 5.15. The molecule has 80 valence electrons. The van der Waals surface area contributed by atoms with E-state index in [1.54, 1.807) is 14.2 Å². The summed E-state index contributed by atoms with van der Waals surface area (Å²) >= 11 is 0. The van der Waals surface area contributed by atoms with E-state index in [2.05, 4.69) is 4.90 Å². The van der Waals surface area contributed by atoms with E-state index in [9.17, 15) is 0 Å². The van der Waals surface area contributed by atoms with Crippen LogP contribution in [0.2, 0.25) is 0 Å². The summed E-state index contributed by atoms with van der Waals surface area (Å²) in [6.45, 7) is 5.22. The van der Waals surface area contributed by atoms with Crippen LogP contribution in [0.15, 0.2) is 0 Å². The Bertz CT molecular complexity index is 86.4. The minimum atomic E-state index is 0.769. The molecule has 5 heteroatoms. The van der Waals surface area contributed by atoms with Gasteiger partial charge in [-0.3, -0.25) is 4.90 Å². The molecule has 0 unspecified atom stereocenters. The van der Waals surface area contributed by atoms with Gasteiger partial charge in [-0.2, -0.15) is 0 Å². The Morgan fingerprint density at radius 1 is 0.923 bits per heavy atom.